The van der Waals surface area contributed by atoms with Crippen molar-refractivity contribution in [2.75, 3.05) is 27.4 Å². The third-order valence-corrected chi connectivity index (χ3v) is 4.94. The molecule has 0 atom stereocenters. The zero-order chi connectivity index (χ0) is 13.4. The molecule has 0 fully saturated rings. The van der Waals surface area contributed by atoms with Crippen molar-refractivity contribution < 1.29 is 18.0 Å². The van der Waals surface area contributed by atoms with Gasteiger partial charge in [-0.15, -0.1) is 0 Å². The van der Waals surface area contributed by atoms with Crippen molar-refractivity contribution in [1.82, 2.24) is 0 Å². The molecule has 6 heteroatoms. The Morgan fingerprint density at radius 2 is 1.76 bits per heavy atom. The van der Waals surface area contributed by atoms with Gasteiger partial charge in [0.2, 0.25) is 0 Å². The van der Waals surface area contributed by atoms with E-state index < -0.39 is 8.80 Å². The van der Waals surface area contributed by atoms with Crippen LogP contribution < -0.4 is 0 Å². The highest BCUT2D eigenvalue weighted by molar-refractivity contribution is 6.60. The van der Waals surface area contributed by atoms with E-state index in [9.17, 15) is 0 Å². The van der Waals surface area contributed by atoms with Gasteiger partial charge in [0.15, 0.2) is 0 Å². The topological polar surface area (TPSA) is 60.7 Å². The van der Waals surface area contributed by atoms with Crippen molar-refractivity contribution in [2.24, 2.45) is 0 Å². The standard InChI is InChI=1S/C11H23NO4Si/c1-11(2,3)15-8-6-10-17(13-4,14-5)16-9-7-12/h6,8-10H2,1-5H3. The molecule has 0 spiro atoms. The van der Waals surface area contributed by atoms with E-state index >= 15 is 0 Å². The van der Waals surface area contributed by atoms with Crippen molar-refractivity contribution in [2.45, 2.75) is 38.8 Å². The second-order valence-corrected chi connectivity index (χ2v) is 7.57. The molecule has 0 heterocycles. The molecule has 0 saturated carbocycles. The molecule has 0 rings (SSSR count). The third kappa shape index (κ3) is 7.47. The van der Waals surface area contributed by atoms with Crippen LogP contribution in [0.25, 0.3) is 0 Å². The van der Waals surface area contributed by atoms with Gasteiger partial charge in [-0.3, -0.25) is 0 Å². The molecule has 100 valence electrons. The summed E-state index contributed by atoms with van der Waals surface area (Å²) in [4.78, 5) is 0. The highest BCUT2D eigenvalue weighted by Gasteiger charge is 2.38. The number of nitriles is 1. The number of rotatable bonds is 8. The second kappa shape index (κ2) is 7.79. The van der Waals surface area contributed by atoms with Crippen LogP contribution in [0.1, 0.15) is 27.2 Å². The Balaban J connectivity index is 4.05. The monoisotopic (exact) mass is 261 g/mol. The summed E-state index contributed by atoms with van der Waals surface area (Å²) in [6, 6.07) is 2.58. The van der Waals surface area contributed by atoms with E-state index in [-0.39, 0.29) is 12.2 Å². The zero-order valence-electron chi connectivity index (χ0n) is 11.4. The van der Waals surface area contributed by atoms with Crippen molar-refractivity contribution in [3.05, 3.63) is 0 Å². The maximum absolute atomic E-state index is 8.51. The lowest BCUT2D eigenvalue weighted by Gasteiger charge is -2.26. The Morgan fingerprint density at radius 3 is 2.18 bits per heavy atom. The summed E-state index contributed by atoms with van der Waals surface area (Å²) in [5.74, 6) is 0. The molecular weight excluding hydrogens is 238 g/mol. The highest BCUT2D eigenvalue weighted by Crippen LogP contribution is 2.17. The van der Waals surface area contributed by atoms with Crippen LogP contribution >= 0.6 is 0 Å². The Labute approximate surface area is 105 Å². The lowest BCUT2D eigenvalue weighted by atomic mass is 10.2. The van der Waals surface area contributed by atoms with E-state index in [1.165, 1.54) is 0 Å². The summed E-state index contributed by atoms with van der Waals surface area (Å²) >= 11 is 0. The lowest BCUT2D eigenvalue weighted by molar-refractivity contribution is -0.00458. The first-order valence-corrected chi connectivity index (χ1v) is 7.57. The lowest BCUT2D eigenvalue weighted by Crippen LogP contribution is -2.44. The predicted octanol–water partition coefficient (Wildman–Crippen LogP) is 1.96. The molecule has 17 heavy (non-hydrogen) atoms. The Kier molecular flexibility index (Phi) is 7.59. The smallest absolute Gasteiger partial charge is 0.377 e. The van der Waals surface area contributed by atoms with Crippen LogP contribution in [-0.4, -0.2) is 41.8 Å². The molecule has 0 N–H and O–H groups in total. The first kappa shape index (κ1) is 16.5. The van der Waals surface area contributed by atoms with E-state index in [0.717, 1.165) is 6.42 Å². The summed E-state index contributed by atoms with van der Waals surface area (Å²) in [6.07, 6.45) is 0.788. The van der Waals surface area contributed by atoms with Crippen LogP contribution in [0.5, 0.6) is 0 Å². The summed E-state index contributed by atoms with van der Waals surface area (Å²) in [6.45, 7) is 6.65. The number of ether oxygens (including phenoxy) is 1. The number of hydrogen-bond acceptors (Lipinski definition) is 5. The van der Waals surface area contributed by atoms with Gasteiger partial charge in [-0.25, -0.2) is 0 Å². The Morgan fingerprint density at radius 1 is 1.18 bits per heavy atom. The summed E-state index contributed by atoms with van der Waals surface area (Å²) in [5.41, 5.74) is -0.141. The minimum absolute atomic E-state index is 0.00592. The van der Waals surface area contributed by atoms with Gasteiger partial charge in [0, 0.05) is 26.9 Å². The van der Waals surface area contributed by atoms with Gasteiger partial charge in [-0.2, -0.15) is 5.26 Å². The molecule has 0 aliphatic heterocycles. The molecule has 0 amide bonds. The summed E-state index contributed by atoms with van der Waals surface area (Å²) in [7, 11) is 0.443. The van der Waals surface area contributed by atoms with Crippen LogP contribution in [0.2, 0.25) is 6.04 Å². The van der Waals surface area contributed by atoms with Crippen molar-refractivity contribution >= 4 is 8.80 Å². The first-order chi connectivity index (χ1) is 7.89. The molecule has 0 aromatic heterocycles. The van der Waals surface area contributed by atoms with E-state index in [1.807, 2.05) is 26.8 Å². The first-order valence-electron chi connectivity index (χ1n) is 5.64. The molecule has 0 bridgehead atoms. The molecule has 0 radical (unpaired) electrons. The predicted molar refractivity (Wildman–Crippen MR) is 66.5 cm³/mol. The van der Waals surface area contributed by atoms with Gasteiger partial charge in [0.05, 0.1) is 11.7 Å². The van der Waals surface area contributed by atoms with Crippen LogP contribution in [0.4, 0.5) is 0 Å². The minimum Gasteiger partial charge on any atom is -0.377 e. The molecule has 0 aliphatic rings. The van der Waals surface area contributed by atoms with Gasteiger partial charge in [0.25, 0.3) is 0 Å². The van der Waals surface area contributed by atoms with Crippen LogP contribution in [-0.2, 0) is 18.0 Å². The van der Waals surface area contributed by atoms with Crippen molar-refractivity contribution in [1.29, 1.82) is 5.26 Å². The molecule has 5 nitrogen and oxygen atoms in total. The van der Waals surface area contributed by atoms with Gasteiger partial charge >= 0.3 is 8.80 Å². The zero-order valence-corrected chi connectivity index (χ0v) is 12.4. The Bertz CT molecular complexity index is 243. The van der Waals surface area contributed by atoms with E-state index in [1.54, 1.807) is 14.2 Å². The maximum Gasteiger partial charge on any atom is 0.501 e. The van der Waals surface area contributed by atoms with E-state index in [0.29, 0.717) is 12.7 Å². The van der Waals surface area contributed by atoms with E-state index in [2.05, 4.69) is 0 Å². The third-order valence-electron chi connectivity index (χ3n) is 2.14. The van der Waals surface area contributed by atoms with E-state index in [4.69, 9.17) is 23.3 Å². The number of nitrogens with zero attached hydrogens (tertiary/aromatic N) is 1. The minimum atomic E-state index is -2.66. The largest absolute Gasteiger partial charge is 0.501 e. The van der Waals surface area contributed by atoms with Crippen LogP contribution in [0.15, 0.2) is 0 Å². The normalized spacial score (nSPS) is 12.5. The quantitative estimate of drug-likeness (QED) is 0.494. The van der Waals surface area contributed by atoms with Gasteiger partial charge in [-0.05, 0) is 27.2 Å². The molecular formula is C11H23NO4Si. The second-order valence-electron chi connectivity index (χ2n) is 4.60. The summed E-state index contributed by atoms with van der Waals surface area (Å²) in [5, 5.41) is 8.51. The average molecular weight is 261 g/mol. The average Bonchev–Trinajstić information content (AvgIpc) is 2.28. The van der Waals surface area contributed by atoms with Crippen molar-refractivity contribution in [3.8, 4) is 6.07 Å². The fourth-order valence-electron chi connectivity index (χ4n) is 1.29. The Hall–Kier alpha value is -0.453. The maximum atomic E-state index is 8.51. The van der Waals surface area contributed by atoms with Crippen molar-refractivity contribution in [3.63, 3.8) is 0 Å². The molecule has 0 aromatic carbocycles. The number of hydrogen-bond donors (Lipinski definition) is 0. The van der Waals surface area contributed by atoms with Gasteiger partial charge in [0.1, 0.15) is 6.61 Å². The van der Waals surface area contributed by atoms with Crippen LogP contribution in [0, 0.1) is 11.3 Å². The van der Waals surface area contributed by atoms with Gasteiger partial charge < -0.3 is 18.0 Å². The van der Waals surface area contributed by atoms with Gasteiger partial charge in [-0.1, -0.05) is 0 Å². The SMILES string of the molecule is CO[Si](CCCOC(C)(C)C)(OC)OCC#N. The molecule has 0 unspecified atom stereocenters. The summed E-state index contributed by atoms with van der Waals surface area (Å²) < 4.78 is 21.6. The molecule has 0 aliphatic carbocycles. The fourth-order valence-corrected chi connectivity index (χ4v) is 3.10. The molecule has 0 saturated heterocycles. The molecule has 0 aromatic rings. The fraction of sp³-hybridized carbons (Fsp3) is 0.909. The highest BCUT2D eigenvalue weighted by atomic mass is 28.4. The van der Waals surface area contributed by atoms with Crippen LogP contribution in [0.3, 0.4) is 0 Å².